The first-order chi connectivity index (χ1) is 12.1. The fourth-order valence-electron chi connectivity index (χ4n) is 4.05. The monoisotopic (exact) mass is 344 g/mol. The normalized spacial score (nSPS) is 25.5. The Morgan fingerprint density at radius 3 is 2.64 bits per heavy atom. The minimum absolute atomic E-state index is 0.0117. The molecule has 0 bridgehead atoms. The van der Waals surface area contributed by atoms with Gasteiger partial charge in [-0.3, -0.25) is 14.6 Å². The largest absolute Gasteiger partial charge is 0.338 e. The summed E-state index contributed by atoms with van der Waals surface area (Å²) in [5.41, 5.74) is 6.75. The minimum Gasteiger partial charge on any atom is -0.338 e. The summed E-state index contributed by atoms with van der Waals surface area (Å²) in [6.45, 7) is 3.99. The number of nitrogens with two attached hydrogens (primary N) is 1. The SMILES string of the molecule is CC(N)C1CCCCN1C(=O)C1CCCN(C(=O)c2ccncc2)C1. The molecule has 0 saturated carbocycles. The molecule has 0 aromatic carbocycles. The molecule has 0 spiro atoms. The molecule has 2 N–H and O–H groups in total. The fraction of sp³-hybridized carbons (Fsp3) is 0.632. The molecule has 0 aliphatic carbocycles. The summed E-state index contributed by atoms with van der Waals surface area (Å²) in [6.07, 6.45) is 8.12. The molecule has 3 atom stereocenters. The van der Waals surface area contributed by atoms with Gasteiger partial charge in [-0.1, -0.05) is 0 Å². The number of amides is 2. The van der Waals surface area contributed by atoms with Crippen molar-refractivity contribution in [1.29, 1.82) is 0 Å². The number of carbonyl (C=O) groups excluding carboxylic acids is 2. The lowest BCUT2D eigenvalue weighted by Crippen LogP contribution is -2.55. The summed E-state index contributed by atoms with van der Waals surface area (Å²) in [6, 6.07) is 3.57. The number of piperidine rings is 2. The van der Waals surface area contributed by atoms with Gasteiger partial charge in [0.25, 0.3) is 5.91 Å². The van der Waals surface area contributed by atoms with Crippen LogP contribution in [0.4, 0.5) is 0 Å². The molecule has 2 fully saturated rings. The third-order valence-corrected chi connectivity index (χ3v) is 5.42. The first kappa shape index (κ1) is 17.9. The molecular formula is C19H28N4O2. The number of nitrogens with zero attached hydrogens (tertiary/aromatic N) is 3. The average molecular weight is 344 g/mol. The lowest BCUT2D eigenvalue weighted by atomic mass is 9.91. The Balaban J connectivity index is 1.68. The van der Waals surface area contributed by atoms with Crippen LogP contribution in [-0.4, -0.2) is 58.3 Å². The molecule has 25 heavy (non-hydrogen) atoms. The molecule has 1 aromatic heterocycles. The van der Waals surface area contributed by atoms with Gasteiger partial charge in [0.2, 0.25) is 5.91 Å². The highest BCUT2D eigenvalue weighted by atomic mass is 16.2. The molecule has 3 rings (SSSR count). The molecule has 136 valence electrons. The molecule has 6 nitrogen and oxygen atoms in total. The van der Waals surface area contributed by atoms with Crippen LogP contribution in [0.3, 0.4) is 0 Å². The van der Waals surface area contributed by atoms with Crippen molar-refractivity contribution >= 4 is 11.8 Å². The van der Waals surface area contributed by atoms with Crippen LogP contribution in [0.1, 0.15) is 49.4 Å². The van der Waals surface area contributed by atoms with Gasteiger partial charge in [0.15, 0.2) is 0 Å². The summed E-state index contributed by atoms with van der Waals surface area (Å²) in [7, 11) is 0. The standard InChI is InChI=1S/C19H28N4O2/c1-14(20)17-6-2-3-12-23(17)19(25)16-5-4-11-22(13-16)18(24)15-7-9-21-10-8-15/h7-10,14,16-17H,2-6,11-13,20H2,1H3. The van der Waals surface area contributed by atoms with Crippen LogP contribution in [-0.2, 0) is 4.79 Å². The molecule has 3 unspecified atom stereocenters. The maximum absolute atomic E-state index is 13.1. The van der Waals surface area contributed by atoms with E-state index < -0.39 is 0 Å². The van der Waals surface area contributed by atoms with Gasteiger partial charge in [0.1, 0.15) is 0 Å². The Kier molecular flexibility index (Phi) is 5.68. The maximum Gasteiger partial charge on any atom is 0.253 e. The summed E-state index contributed by atoms with van der Waals surface area (Å²) in [5.74, 6) is 0.0513. The van der Waals surface area contributed by atoms with E-state index in [2.05, 4.69) is 4.98 Å². The highest BCUT2D eigenvalue weighted by Crippen LogP contribution is 2.26. The number of pyridine rings is 1. The molecule has 3 heterocycles. The lowest BCUT2D eigenvalue weighted by molar-refractivity contribution is -0.141. The first-order valence-corrected chi connectivity index (χ1v) is 9.33. The molecular weight excluding hydrogens is 316 g/mol. The zero-order valence-corrected chi connectivity index (χ0v) is 14.9. The van der Waals surface area contributed by atoms with Crippen molar-refractivity contribution in [3.63, 3.8) is 0 Å². The van der Waals surface area contributed by atoms with E-state index in [4.69, 9.17) is 5.73 Å². The van der Waals surface area contributed by atoms with E-state index in [1.165, 1.54) is 0 Å². The molecule has 2 aliphatic heterocycles. The van der Waals surface area contributed by atoms with Gasteiger partial charge in [-0.25, -0.2) is 0 Å². The summed E-state index contributed by atoms with van der Waals surface area (Å²) < 4.78 is 0. The number of hydrogen-bond acceptors (Lipinski definition) is 4. The topological polar surface area (TPSA) is 79.5 Å². The Morgan fingerprint density at radius 2 is 1.92 bits per heavy atom. The van der Waals surface area contributed by atoms with Crippen LogP contribution in [0.15, 0.2) is 24.5 Å². The van der Waals surface area contributed by atoms with Crippen molar-refractivity contribution in [3.8, 4) is 0 Å². The Bertz CT molecular complexity index is 605. The van der Waals surface area contributed by atoms with E-state index in [9.17, 15) is 9.59 Å². The minimum atomic E-state index is -0.112. The van der Waals surface area contributed by atoms with Crippen molar-refractivity contribution in [3.05, 3.63) is 30.1 Å². The Labute approximate surface area is 149 Å². The second-order valence-electron chi connectivity index (χ2n) is 7.28. The van der Waals surface area contributed by atoms with Gasteiger partial charge in [0, 0.05) is 49.7 Å². The Hall–Kier alpha value is -1.95. The van der Waals surface area contributed by atoms with E-state index in [0.29, 0.717) is 18.7 Å². The highest BCUT2D eigenvalue weighted by molar-refractivity contribution is 5.94. The Morgan fingerprint density at radius 1 is 1.16 bits per heavy atom. The van der Waals surface area contributed by atoms with E-state index in [1.807, 2.05) is 16.7 Å². The number of aromatic nitrogens is 1. The van der Waals surface area contributed by atoms with Crippen LogP contribution < -0.4 is 5.73 Å². The van der Waals surface area contributed by atoms with E-state index in [0.717, 1.165) is 38.6 Å². The van der Waals surface area contributed by atoms with Gasteiger partial charge in [0.05, 0.1) is 5.92 Å². The quantitative estimate of drug-likeness (QED) is 0.904. The predicted octanol–water partition coefficient (Wildman–Crippen LogP) is 1.66. The molecule has 2 amide bonds. The van der Waals surface area contributed by atoms with Crippen LogP contribution >= 0.6 is 0 Å². The third-order valence-electron chi connectivity index (χ3n) is 5.42. The van der Waals surface area contributed by atoms with Crippen molar-refractivity contribution in [1.82, 2.24) is 14.8 Å². The van der Waals surface area contributed by atoms with Gasteiger partial charge in [-0.2, -0.15) is 0 Å². The maximum atomic E-state index is 13.1. The summed E-state index contributed by atoms with van der Waals surface area (Å²) in [5, 5.41) is 0. The molecule has 0 radical (unpaired) electrons. The van der Waals surface area contributed by atoms with E-state index >= 15 is 0 Å². The van der Waals surface area contributed by atoms with Gasteiger partial charge in [-0.15, -0.1) is 0 Å². The van der Waals surface area contributed by atoms with Crippen molar-refractivity contribution < 1.29 is 9.59 Å². The molecule has 1 aromatic rings. The fourth-order valence-corrected chi connectivity index (χ4v) is 4.05. The second-order valence-corrected chi connectivity index (χ2v) is 7.28. The van der Waals surface area contributed by atoms with Crippen LogP contribution in [0.2, 0.25) is 0 Å². The smallest absolute Gasteiger partial charge is 0.253 e. The van der Waals surface area contributed by atoms with Crippen molar-refractivity contribution in [2.24, 2.45) is 11.7 Å². The van der Waals surface area contributed by atoms with Crippen molar-refractivity contribution in [2.45, 2.75) is 51.1 Å². The van der Waals surface area contributed by atoms with Crippen LogP contribution in [0.25, 0.3) is 0 Å². The lowest BCUT2D eigenvalue weighted by Gasteiger charge is -2.42. The molecule has 6 heteroatoms. The number of hydrogen-bond donors (Lipinski definition) is 1. The average Bonchev–Trinajstić information content (AvgIpc) is 2.67. The third kappa shape index (κ3) is 4.00. The second kappa shape index (κ2) is 7.95. The number of carbonyl (C=O) groups is 2. The van der Waals surface area contributed by atoms with Crippen molar-refractivity contribution in [2.75, 3.05) is 19.6 Å². The first-order valence-electron chi connectivity index (χ1n) is 9.33. The number of likely N-dealkylation sites (tertiary alicyclic amines) is 2. The molecule has 2 saturated heterocycles. The zero-order valence-electron chi connectivity index (χ0n) is 14.9. The predicted molar refractivity (Wildman–Crippen MR) is 95.9 cm³/mol. The number of rotatable bonds is 3. The summed E-state index contributed by atoms with van der Waals surface area (Å²) in [4.78, 5) is 33.5. The van der Waals surface area contributed by atoms with Gasteiger partial charge >= 0.3 is 0 Å². The molecule has 2 aliphatic rings. The van der Waals surface area contributed by atoms with Gasteiger partial charge in [-0.05, 0) is 51.2 Å². The van der Waals surface area contributed by atoms with E-state index in [1.54, 1.807) is 24.5 Å². The van der Waals surface area contributed by atoms with Crippen LogP contribution in [0.5, 0.6) is 0 Å². The zero-order chi connectivity index (χ0) is 17.8. The summed E-state index contributed by atoms with van der Waals surface area (Å²) >= 11 is 0. The van der Waals surface area contributed by atoms with Gasteiger partial charge < -0.3 is 15.5 Å². The van der Waals surface area contributed by atoms with Crippen LogP contribution in [0, 0.1) is 5.92 Å². The highest BCUT2D eigenvalue weighted by Gasteiger charge is 2.36. The van der Waals surface area contributed by atoms with E-state index in [-0.39, 0.29) is 29.8 Å².